The lowest BCUT2D eigenvalue weighted by Gasteiger charge is -2.18. The smallest absolute Gasteiger partial charge is 0.251 e. The minimum absolute atomic E-state index is 0.134. The van der Waals surface area contributed by atoms with E-state index < -0.39 is 0 Å². The average Bonchev–Trinajstić information content (AvgIpc) is 2.68. The van der Waals surface area contributed by atoms with E-state index in [1.165, 1.54) is 6.07 Å². The predicted octanol–water partition coefficient (Wildman–Crippen LogP) is 3.95. The highest BCUT2D eigenvalue weighted by Crippen LogP contribution is 2.22. The van der Waals surface area contributed by atoms with Crippen LogP contribution in [0.1, 0.15) is 34.1 Å². The lowest BCUT2D eigenvalue weighted by molar-refractivity contribution is 0.0534. The number of ether oxygens (including phenoxy) is 1. The van der Waals surface area contributed by atoms with E-state index in [-0.39, 0.29) is 17.9 Å². The highest BCUT2D eigenvalue weighted by molar-refractivity contribution is 6.42. The summed E-state index contributed by atoms with van der Waals surface area (Å²) in [5.41, 5.74) is 1.04. The van der Waals surface area contributed by atoms with Crippen molar-refractivity contribution in [3.8, 4) is 0 Å². The molecule has 0 spiro atoms. The molecule has 144 valence electrons. The summed E-state index contributed by atoms with van der Waals surface area (Å²) in [4.78, 5) is 24.3. The number of rotatable bonds is 9. The van der Waals surface area contributed by atoms with Crippen LogP contribution in [0.15, 0.2) is 48.5 Å². The fourth-order valence-electron chi connectivity index (χ4n) is 2.46. The van der Waals surface area contributed by atoms with E-state index in [0.29, 0.717) is 47.3 Å². The van der Waals surface area contributed by atoms with Gasteiger partial charge in [0, 0.05) is 30.8 Å². The highest BCUT2D eigenvalue weighted by Gasteiger charge is 2.13. The van der Waals surface area contributed by atoms with Crippen LogP contribution in [0.4, 0.5) is 0 Å². The number of halogens is 2. The number of carbonyl (C=O) groups is 2. The molecule has 0 aromatic heterocycles. The Morgan fingerprint density at radius 3 is 2.33 bits per heavy atom. The summed E-state index contributed by atoms with van der Waals surface area (Å²) in [6.07, 6.45) is 0.367. The van der Waals surface area contributed by atoms with Crippen molar-refractivity contribution in [2.24, 2.45) is 0 Å². The minimum Gasteiger partial charge on any atom is -0.377 e. The molecular formula is C20H22Cl2N2O3. The van der Waals surface area contributed by atoms with Gasteiger partial charge in [-0.1, -0.05) is 41.4 Å². The van der Waals surface area contributed by atoms with Crippen molar-refractivity contribution in [3.05, 3.63) is 69.7 Å². The van der Waals surface area contributed by atoms with Crippen LogP contribution in [-0.2, 0) is 4.74 Å². The first-order valence-corrected chi connectivity index (χ1v) is 9.45. The summed E-state index contributed by atoms with van der Waals surface area (Å²) in [5.74, 6) is -0.391. The molecule has 1 atom stereocenters. The van der Waals surface area contributed by atoms with Gasteiger partial charge in [0.1, 0.15) is 0 Å². The van der Waals surface area contributed by atoms with Gasteiger partial charge in [-0.05, 0) is 43.7 Å². The Balaban J connectivity index is 1.81. The van der Waals surface area contributed by atoms with Crippen LogP contribution in [0.2, 0.25) is 10.0 Å². The zero-order chi connectivity index (χ0) is 19.6. The quantitative estimate of drug-likeness (QED) is 0.659. The van der Waals surface area contributed by atoms with Crippen molar-refractivity contribution < 1.29 is 14.3 Å². The monoisotopic (exact) mass is 408 g/mol. The van der Waals surface area contributed by atoms with Gasteiger partial charge in [-0.3, -0.25) is 9.59 Å². The Morgan fingerprint density at radius 2 is 1.67 bits per heavy atom. The summed E-state index contributed by atoms with van der Waals surface area (Å²) in [5, 5.41) is 6.40. The number of benzene rings is 2. The summed E-state index contributed by atoms with van der Waals surface area (Å²) in [6.45, 7) is 3.17. The van der Waals surface area contributed by atoms with Crippen molar-refractivity contribution in [1.82, 2.24) is 10.6 Å². The topological polar surface area (TPSA) is 67.4 Å². The van der Waals surface area contributed by atoms with E-state index in [9.17, 15) is 9.59 Å². The molecule has 0 saturated carbocycles. The fraction of sp³-hybridized carbons (Fsp3) is 0.300. The molecule has 0 aliphatic heterocycles. The molecule has 0 aliphatic rings. The number of hydrogen-bond acceptors (Lipinski definition) is 3. The standard InChI is InChI=1S/C20H22Cl2N2O3/c1-2-27-16(10-11-23-19(25)14-6-4-3-5-7-14)13-24-20(26)15-8-9-17(21)18(22)12-15/h3-9,12,16H,2,10-11,13H2,1H3,(H,23,25)(H,24,26). The van der Waals surface area contributed by atoms with Gasteiger partial charge >= 0.3 is 0 Å². The third-order valence-electron chi connectivity index (χ3n) is 3.86. The van der Waals surface area contributed by atoms with Gasteiger partial charge in [-0.15, -0.1) is 0 Å². The zero-order valence-electron chi connectivity index (χ0n) is 15.0. The van der Waals surface area contributed by atoms with E-state index >= 15 is 0 Å². The van der Waals surface area contributed by atoms with Crippen LogP contribution in [-0.4, -0.2) is 37.6 Å². The number of hydrogen-bond donors (Lipinski definition) is 2. The Hall–Kier alpha value is -2.08. The molecule has 1 unspecified atom stereocenters. The van der Waals surface area contributed by atoms with Crippen molar-refractivity contribution in [1.29, 1.82) is 0 Å². The van der Waals surface area contributed by atoms with Gasteiger partial charge in [0.25, 0.3) is 11.8 Å². The maximum absolute atomic E-state index is 12.2. The molecule has 27 heavy (non-hydrogen) atoms. The van der Waals surface area contributed by atoms with Crippen molar-refractivity contribution >= 4 is 35.0 Å². The summed E-state index contributed by atoms with van der Waals surface area (Å²) >= 11 is 11.8. The number of nitrogens with one attached hydrogen (secondary N) is 2. The first-order valence-electron chi connectivity index (χ1n) is 8.69. The van der Waals surface area contributed by atoms with Gasteiger partial charge in [-0.25, -0.2) is 0 Å². The molecule has 2 amide bonds. The third kappa shape index (κ3) is 6.86. The molecule has 2 aromatic carbocycles. The van der Waals surface area contributed by atoms with Crippen LogP contribution in [0.25, 0.3) is 0 Å². The van der Waals surface area contributed by atoms with E-state index in [0.717, 1.165) is 0 Å². The molecule has 0 radical (unpaired) electrons. The van der Waals surface area contributed by atoms with Crippen LogP contribution >= 0.6 is 23.2 Å². The predicted molar refractivity (Wildman–Crippen MR) is 108 cm³/mol. The summed E-state index contributed by atoms with van der Waals surface area (Å²) in [7, 11) is 0. The Labute approximate surface area is 169 Å². The normalized spacial score (nSPS) is 11.7. The first kappa shape index (κ1) is 21.2. The van der Waals surface area contributed by atoms with Crippen molar-refractivity contribution in [3.63, 3.8) is 0 Å². The van der Waals surface area contributed by atoms with Crippen molar-refractivity contribution in [2.45, 2.75) is 19.4 Å². The van der Waals surface area contributed by atoms with Crippen molar-refractivity contribution in [2.75, 3.05) is 19.7 Å². The highest BCUT2D eigenvalue weighted by atomic mass is 35.5. The number of carbonyl (C=O) groups excluding carboxylic acids is 2. The molecule has 0 aliphatic carbocycles. The Bertz CT molecular complexity index is 769. The van der Waals surface area contributed by atoms with E-state index in [4.69, 9.17) is 27.9 Å². The summed E-state index contributed by atoms with van der Waals surface area (Å²) in [6, 6.07) is 13.7. The molecule has 5 nitrogen and oxygen atoms in total. The van der Waals surface area contributed by atoms with Gasteiger partial charge in [-0.2, -0.15) is 0 Å². The van der Waals surface area contributed by atoms with E-state index in [1.54, 1.807) is 24.3 Å². The first-order chi connectivity index (χ1) is 13.0. The van der Waals surface area contributed by atoms with Crippen LogP contribution < -0.4 is 10.6 Å². The average molecular weight is 409 g/mol. The SMILES string of the molecule is CCOC(CCNC(=O)c1ccccc1)CNC(=O)c1ccc(Cl)c(Cl)c1. The molecular weight excluding hydrogens is 387 g/mol. The second-order valence-corrected chi connectivity index (χ2v) is 6.64. The molecule has 0 fully saturated rings. The lowest BCUT2D eigenvalue weighted by atomic mass is 10.2. The molecule has 7 heteroatoms. The summed E-state index contributed by atoms with van der Waals surface area (Å²) < 4.78 is 5.65. The van der Waals surface area contributed by atoms with Gasteiger partial charge < -0.3 is 15.4 Å². The Kier molecular flexibility index (Phi) is 8.58. The molecule has 0 bridgehead atoms. The molecule has 0 heterocycles. The third-order valence-corrected chi connectivity index (χ3v) is 4.60. The van der Waals surface area contributed by atoms with Gasteiger partial charge in [0.2, 0.25) is 0 Å². The largest absolute Gasteiger partial charge is 0.377 e. The van der Waals surface area contributed by atoms with Gasteiger partial charge in [0.05, 0.1) is 16.1 Å². The maximum atomic E-state index is 12.2. The molecule has 2 N–H and O–H groups in total. The Morgan fingerprint density at radius 1 is 0.963 bits per heavy atom. The molecule has 0 saturated heterocycles. The maximum Gasteiger partial charge on any atom is 0.251 e. The van der Waals surface area contributed by atoms with Crippen LogP contribution in [0, 0.1) is 0 Å². The second kappa shape index (κ2) is 10.9. The number of amides is 2. The van der Waals surface area contributed by atoms with E-state index in [2.05, 4.69) is 10.6 Å². The minimum atomic E-state index is -0.258. The van der Waals surface area contributed by atoms with E-state index in [1.807, 2.05) is 25.1 Å². The second-order valence-electron chi connectivity index (χ2n) is 5.83. The molecule has 2 rings (SSSR count). The molecule has 2 aromatic rings. The fourth-order valence-corrected chi connectivity index (χ4v) is 2.76. The lowest BCUT2D eigenvalue weighted by Crippen LogP contribution is -2.36. The zero-order valence-corrected chi connectivity index (χ0v) is 16.5. The van der Waals surface area contributed by atoms with Crippen LogP contribution in [0.3, 0.4) is 0 Å². The van der Waals surface area contributed by atoms with Crippen LogP contribution in [0.5, 0.6) is 0 Å². The van der Waals surface area contributed by atoms with Gasteiger partial charge in [0.15, 0.2) is 0 Å².